The van der Waals surface area contributed by atoms with Crippen molar-refractivity contribution >= 4 is 5.91 Å². The Morgan fingerprint density at radius 3 is 2.71 bits per heavy atom. The summed E-state index contributed by atoms with van der Waals surface area (Å²) in [6.07, 6.45) is 3.05. The van der Waals surface area contributed by atoms with E-state index >= 15 is 0 Å². The van der Waals surface area contributed by atoms with Crippen LogP contribution in [0.3, 0.4) is 0 Å². The second kappa shape index (κ2) is 8.15. The number of unbranched alkanes of at least 4 members (excludes halogenated alkanes) is 1. The van der Waals surface area contributed by atoms with Gasteiger partial charge in [0.15, 0.2) is 0 Å². The van der Waals surface area contributed by atoms with Crippen LogP contribution in [0.2, 0.25) is 0 Å². The lowest BCUT2D eigenvalue weighted by atomic mass is 10.1. The van der Waals surface area contributed by atoms with Crippen molar-refractivity contribution in [3.63, 3.8) is 0 Å². The Bertz CT molecular complexity index is 436. The predicted molar refractivity (Wildman–Crippen MR) is 84.0 cm³/mol. The zero-order valence-electron chi connectivity index (χ0n) is 13.0. The minimum atomic E-state index is -0.113. The molecule has 1 fully saturated rings. The molecule has 21 heavy (non-hydrogen) atoms. The average molecular weight is 290 g/mol. The lowest BCUT2D eigenvalue weighted by Crippen LogP contribution is -2.37. The highest BCUT2D eigenvalue weighted by Crippen LogP contribution is 2.14. The zero-order valence-corrected chi connectivity index (χ0v) is 13.0. The van der Waals surface area contributed by atoms with E-state index in [0.29, 0.717) is 13.2 Å². The van der Waals surface area contributed by atoms with Gasteiger partial charge in [-0.1, -0.05) is 43.7 Å². The summed E-state index contributed by atoms with van der Waals surface area (Å²) in [5.41, 5.74) is 1.19. The molecule has 0 aromatic heterocycles. The average Bonchev–Trinajstić information content (AvgIpc) is 2.75. The minimum Gasteiger partial charge on any atom is -0.380 e. The van der Waals surface area contributed by atoms with Crippen LogP contribution in [0.25, 0.3) is 0 Å². The van der Waals surface area contributed by atoms with E-state index in [1.54, 1.807) is 0 Å². The normalized spacial score (nSPS) is 22.0. The van der Waals surface area contributed by atoms with E-state index in [0.717, 1.165) is 25.9 Å². The van der Waals surface area contributed by atoms with Gasteiger partial charge in [0.05, 0.1) is 18.8 Å². The van der Waals surface area contributed by atoms with Gasteiger partial charge in [-0.25, -0.2) is 0 Å². The molecule has 2 rings (SSSR count). The van der Waals surface area contributed by atoms with Crippen LogP contribution in [0.1, 0.15) is 32.3 Å². The summed E-state index contributed by atoms with van der Waals surface area (Å²) in [7, 11) is 0. The van der Waals surface area contributed by atoms with Crippen molar-refractivity contribution in [2.75, 3.05) is 19.8 Å². The summed E-state index contributed by atoms with van der Waals surface area (Å²) >= 11 is 0. The van der Waals surface area contributed by atoms with E-state index in [-0.39, 0.29) is 18.1 Å². The first-order valence-electron chi connectivity index (χ1n) is 7.90. The van der Waals surface area contributed by atoms with Crippen LogP contribution in [0.4, 0.5) is 0 Å². The van der Waals surface area contributed by atoms with Gasteiger partial charge in [-0.2, -0.15) is 0 Å². The maximum absolute atomic E-state index is 12.4. The van der Waals surface area contributed by atoms with E-state index < -0.39 is 0 Å². The lowest BCUT2D eigenvalue weighted by molar-refractivity contribution is -0.130. The Morgan fingerprint density at radius 2 is 2.00 bits per heavy atom. The summed E-state index contributed by atoms with van der Waals surface area (Å²) < 4.78 is 5.56. The topological polar surface area (TPSA) is 41.6 Å². The smallest absolute Gasteiger partial charge is 0.241 e. The van der Waals surface area contributed by atoms with Gasteiger partial charge in [0.2, 0.25) is 5.91 Å². The first-order valence-corrected chi connectivity index (χ1v) is 7.90. The van der Waals surface area contributed by atoms with Gasteiger partial charge in [0, 0.05) is 13.2 Å². The first-order chi connectivity index (χ1) is 10.2. The molecular weight excluding hydrogens is 264 g/mol. The number of carbonyl (C=O) groups excluding carboxylic acids is 1. The van der Waals surface area contributed by atoms with Crippen LogP contribution in [0.15, 0.2) is 30.3 Å². The molecule has 4 nitrogen and oxygen atoms in total. The Labute approximate surface area is 127 Å². The zero-order chi connectivity index (χ0) is 15.1. The molecule has 1 aliphatic heterocycles. The van der Waals surface area contributed by atoms with Gasteiger partial charge in [-0.05, 0) is 25.3 Å². The molecule has 4 heteroatoms. The molecule has 1 heterocycles. The minimum absolute atomic E-state index is 0.0842. The Balaban J connectivity index is 1.80. The third-order valence-corrected chi connectivity index (χ3v) is 3.89. The fourth-order valence-electron chi connectivity index (χ4n) is 2.65. The molecule has 1 aromatic carbocycles. The highest BCUT2D eigenvalue weighted by Gasteiger charge is 2.35. The molecule has 0 aliphatic carbocycles. The number of nitrogens with zero attached hydrogens (tertiary/aromatic N) is 1. The molecule has 0 bridgehead atoms. The van der Waals surface area contributed by atoms with Gasteiger partial charge in [0.1, 0.15) is 0 Å². The second-order valence-corrected chi connectivity index (χ2v) is 5.58. The van der Waals surface area contributed by atoms with Gasteiger partial charge < -0.3 is 9.64 Å². The van der Waals surface area contributed by atoms with Gasteiger partial charge in [-0.3, -0.25) is 10.1 Å². The fourth-order valence-corrected chi connectivity index (χ4v) is 2.65. The molecule has 0 spiro atoms. The predicted octanol–water partition coefficient (Wildman–Crippen LogP) is 2.19. The van der Waals surface area contributed by atoms with Crippen molar-refractivity contribution in [2.24, 2.45) is 0 Å². The van der Waals surface area contributed by atoms with Crippen LogP contribution in [0.5, 0.6) is 0 Å². The molecule has 1 aliphatic rings. The van der Waals surface area contributed by atoms with Crippen molar-refractivity contribution < 1.29 is 9.53 Å². The van der Waals surface area contributed by atoms with E-state index in [1.807, 2.05) is 30.0 Å². The van der Waals surface area contributed by atoms with Gasteiger partial charge in [-0.15, -0.1) is 0 Å². The van der Waals surface area contributed by atoms with Crippen molar-refractivity contribution in [3.8, 4) is 0 Å². The summed E-state index contributed by atoms with van der Waals surface area (Å²) in [6.45, 7) is 6.26. The highest BCUT2D eigenvalue weighted by molar-refractivity contribution is 5.84. The third-order valence-electron chi connectivity index (χ3n) is 3.89. The van der Waals surface area contributed by atoms with Gasteiger partial charge >= 0.3 is 0 Å². The third kappa shape index (κ3) is 4.55. The number of benzene rings is 1. The van der Waals surface area contributed by atoms with E-state index in [1.165, 1.54) is 5.56 Å². The molecule has 116 valence electrons. The van der Waals surface area contributed by atoms with Crippen LogP contribution < -0.4 is 5.32 Å². The summed E-state index contributed by atoms with van der Waals surface area (Å²) in [4.78, 5) is 14.3. The molecule has 0 radical (unpaired) electrons. The quantitative estimate of drug-likeness (QED) is 0.746. The standard InChI is InChI=1S/C17H26N2O2/c1-3-4-11-21-12-10-19-14(2)18-16(17(19)20)13-15-8-6-5-7-9-15/h5-9,14,16,18H,3-4,10-13H2,1-2H3. The number of carbonyl (C=O) groups is 1. The SMILES string of the molecule is CCCCOCCN1C(=O)C(Cc2ccccc2)NC1C. The Kier molecular flexibility index (Phi) is 6.21. The highest BCUT2D eigenvalue weighted by atomic mass is 16.5. The molecule has 0 saturated carbocycles. The summed E-state index contributed by atoms with van der Waals surface area (Å²) in [6, 6.07) is 10.0. The Morgan fingerprint density at radius 1 is 1.24 bits per heavy atom. The maximum Gasteiger partial charge on any atom is 0.241 e. The molecular formula is C17H26N2O2. The van der Waals surface area contributed by atoms with E-state index in [2.05, 4.69) is 24.4 Å². The summed E-state index contributed by atoms with van der Waals surface area (Å²) in [5, 5.41) is 3.38. The Hall–Kier alpha value is -1.39. The van der Waals surface area contributed by atoms with Gasteiger partial charge in [0.25, 0.3) is 0 Å². The molecule has 1 N–H and O–H groups in total. The van der Waals surface area contributed by atoms with Crippen LogP contribution in [-0.4, -0.2) is 42.8 Å². The lowest BCUT2D eigenvalue weighted by Gasteiger charge is -2.20. The van der Waals surface area contributed by atoms with Crippen LogP contribution in [0, 0.1) is 0 Å². The maximum atomic E-state index is 12.4. The molecule has 2 atom stereocenters. The molecule has 1 aromatic rings. The molecule has 1 saturated heterocycles. The summed E-state index contributed by atoms with van der Waals surface area (Å²) in [5.74, 6) is 0.186. The number of hydrogen-bond acceptors (Lipinski definition) is 3. The number of nitrogens with one attached hydrogen (secondary N) is 1. The number of amides is 1. The molecule has 1 amide bonds. The van der Waals surface area contributed by atoms with Crippen molar-refractivity contribution in [1.82, 2.24) is 10.2 Å². The monoisotopic (exact) mass is 290 g/mol. The largest absolute Gasteiger partial charge is 0.380 e. The number of hydrogen-bond donors (Lipinski definition) is 1. The number of rotatable bonds is 8. The number of ether oxygens (including phenoxy) is 1. The molecule has 2 unspecified atom stereocenters. The second-order valence-electron chi connectivity index (χ2n) is 5.58. The first kappa shape index (κ1) is 16.0. The van der Waals surface area contributed by atoms with E-state index in [4.69, 9.17) is 4.74 Å². The van der Waals surface area contributed by atoms with Crippen LogP contribution in [-0.2, 0) is 16.0 Å². The van der Waals surface area contributed by atoms with Crippen molar-refractivity contribution in [1.29, 1.82) is 0 Å². The van der Waals surface area contributed by atoms with Crippen molar-refractivity contribution in [2.45, 2.75) is 45.3 Å². The fraction of sp³-hybridized carbons (Fsp3) is 0.588. The van der Waals surface area contributed by atoms with Crippen LogP contribution >= 0.6 is 0 Å². The van der Waals surface area contributed by atoms with E-state index in [9.17, 15) is 4.79 Å². The van der Waals surface area contributed by atoms with Crippen molar-refractivity contribution in [3.05, 3.63) is 35.9 Å².